The SMILES string of the molecule is [LiH].c1ccc2c(c1)CCO2. The molecule has 0 aliphatic carbocycles. The first kappa shape index (κ1) is 7.72. The van der Waals surface area contributed by atoms with Crippen molar-refractivity contribution in [2.75, 3.05) is 6.61 Å². The summed E-state index contributed by atoms with van der Waals surface area (Å²) in [5, 5.41) is 0. The van der Waals surface area contributed by atoms with Crippen LogP contribution in [-0.4, -0.2) is 25.5 Å². The molecule has 1 aromatic carbocycles. The number of fused-ring (bicyclic) bond motifs is 1. The van der Waals surface area contributed by atoms with E-state index in [4.69, 9.17) is 4.74 Å². The van der Waals surface area contributed by atoms with Gasteiger partial charge in [-0.3, -0.25) is 0 Å². The van der Waals surface area contributed by atoms with Gasteiger partial charge in [0.2, 0.25) is 0 Å². The van der Waals surface area contributed by atoms with Gasteiger partial charge in [-0.2, -0.15) is 0 Å². The molecule has 2 heteroatoms. The van der Waals surface area contributed by atoms with E-state index in [9.17, 15) is 0 Å². The molecule has 1 aliphatic heterocycles. The molecular formula is C8H9LiO. The van der Waals surface area contributed by atoms with Gasteiger partial charge in [-0.15, -0.1) is 0 Å². The van der Waals surface area contributed by atoms with Crippen LogP contribution in [-0.2, 0) is 6.42 Å². The third kappa shape index (κ3) is 1.21. The summed E-state index contributed by atoms with van der Waals surface area (Å²) in [4.78, 5) is 0. The standard InChI is InChI=1S/C8H8O.Li.H/c1-2-4-8-7(3-1)5-6-9-8;;/h1-4H,5-6H2;;. The Morgan fingerprint density at radius 1 is 1.20 bits per heavy atom. The summed E-state index contributed by atoms with van der Waals surface area (Å²) < 4.78 is 5.30. The minimum absolute atomic E-state index is 0. The average Bonchev–Trinajstić information content (AvgIpc) is 2.33. The van der Waals surface area contributed by atoms with Crippen LogP contribution in [0, 0.1) is 0 Å². The molecule has 1 heterocycles. The Hall–Kier alpha value is -0.383. The summed E-state index contributed by atoms with van der Waals surface area (Å²) in [5.41, 5.74) is 1.34. The molecule has 0 spiro atoms. The molecule has 0 saturated carbocycles. The van der Waals surface area contributed by atoms with Gasteiger partial charge < -0.3 is 4.74 Å². The molecule has 0 amide bonds. The van der Waals surface area contributed by atoms with Crippen molar-refractivity contribution in [3.05, 3.63) is 29.8 Å². The van der Waals surface area contributed by atoms with Crippen molar-refractivity contribution < 1.29 is 4.74 Å². The van der Waals surface area contributed by atoms with Crippen LogP contribution in [0.1, 0.15) is 5.56 Å². The number of hydrogen-bond donors (Lipinski definition) is 0. The zero-order chi connectivity index (χ0) is 6.10. The number of para-hydroxylation sites is 1. The van der Waals surface area contributed by atoms with E-state index in [1.54, 1.807) is 0 Å². The Kier molecular flexibility index (Phi) is 2.43. The average molecular weight is 128 g/mol. The Labute approximate surface area is 72.6 Å². The van der Waals surface area contributed by atoms with Crippen molar-refractivity contribution >= 4 is 18.9 Å². The summed E-state index contributed by atoms with van der Waals surface area (Å²) >= 11 is 0. The van der Waals surface area contributed by atoms with Gasteiger partial charge in [-0.1, -0.05) is 18.2 Å². The Morgan fingerprint density at radius 2 is 2.00 bits per heavy atom. The van der Waals surface area contributed by atoms with E-state index in [-0.39, 0.29) is 18.9 Å². The van der Waals surface area contributed by atoms with Crippen LogP contribution in [0.15, 0.2) is 24.3 Å². The van der Waals surface area contributed by atoms with Crippen molar-refractivity contribution in [2.45, 2.75) is 6.42 Å². The van der Waals surface area contributed by atoms with Crippen LogP contribution in [0.2, 0.25) is 0 Å². The van der Waals surface area contributed by atoms with Crippen LogP contribution >= 0.6 is 0 Å². The van der Waals surface area contributed by atoms with Gasteiger partial charge in [-0.25, -0.2) is 0 Å². The number of rotatable bonds is 0. The predicted octanol–water partition coefficient (Wildman–Crippen LogP) is 0.973. The second kappa shape index (κ2) is 3.14. The molecule has 0 atom stereocenters. The zero-order valence-electron chi connectivity index (χ0n) is 5.13. The van der Waals surface area contributed by atoms with E-state index in [1.807, 2.05) is 18.2 Å². The number of hydrogen-bond acceptors (Lipinski definition) is 1. The third-order valence-electron chi connectivity index (χ3n) is 1.60. The third-order valence-corrected chi connectivity index (χ3v) is 1.60. The van der Waals surface area contributed by atoms with Gasteiger partial charge in [0.25, 0.3) is 0 Å². The monoisotopic (exact) mass is 128 g/mol. The predicted molar refractivity (Wildman–Crippen MR) is 42.8 cm³/mol. The van der Waals surface area contributed by atoms with Crippen LogP contribution < -0.4 is 4.74 Å². The molecule has 0 aromatic heterocycles. The van der Waals surface area contributed by atoms with E-state index in [0.717, 1.165) is 18.8 Å². The van der Waals surface area contributed by atoms with E-state index >= 15 is 0 Å². The molecule has 0 fully saturated rings. The fourth-order valence-corrected chi connectivity index (χ4v) is 1.12. The summed E-state index contributed by atoms with van der Waals surface area (Å²) in [7, 11) is 0. The first-order valence-corrected chi connectivity index (χ1v) is 3.17. The Morgan fingerprint density at radius 3 is 2.80 bits per heavy atom. The Balaban J connectivity index is 0.000000500. The fourth-order valence-electron chi connectivity index (χ4n) is 1.12. The van der Waals surface area contributed by atoms with Crippen LogP contribution in [0.25, 0.3) is 0 Å². The molecule has 1 aliphatic rings. The van der Waals surface area contributed by atoms with Gasteiger partial charge in [0.15, 0.2) is 0 Å². The molecule has 0 N–H and O–H groups in total. The molecule has 10 heavy (non-hydrogen) atoms. The second-order valence-corrected chi connectivity index (χ2v) is 2.21. The maximum absolute atomic E-state index is 5.30. The largest absolute Gasteiger partial charge is 0.493 e. The smallest absolute Gasteiger partial charge is 0.122 e. The van der Waals surface area contributed by atoms with Crippen molar-refractivity contribution in [3.8, 4) is 5.75 Å². The number of benzene rings is 1. The first-order valence-electron chi connectivity index (χ1n) is 3.17. The van der Waals surface area contributed by atoms with Gasteiger partial charge in [0, 0.05) is 6.42 Å². The van der Waals surface area contributed by atoms with E-state index in [0.29, 0.717) is 0 Å². The van der Waals surface area contributed by atoms with Crippen LogP contribution in [0.3, 0.4) is 0 Å². The fraction of sp³-hybridized carbons (Fsp3) is 0.250. The molecular weight excluding hydrogens is 119 g/mol. The van der Waals surface area contributed by atoms with E-state index < -0.39 is 0 Å². The summed E-state index contributed by atoms with van der Waals surface area (Å²) in [6.45, 7) is 0.860. The van der Waals surface area contributed by atoms with Gasteiger partial charge >= 0.3 is 18.9 Å². The Bertz CT molecular complexity index is 199. The zero-order valence-corrected chi connectivity index (χ0v) is 5.13. The molecule has 0 radical (unpaired) electrons. The van der Waals surface area contributed by atoms with Crippen LogP contribution in [0.5, 0.6) is 5.75 Å². The molecule has 1 nitrogen and oxygen atoms in total. The minimum atomic E-state index is 0. The maximum Gasteiger partial charge on any atom is 0.122 e. The minimum Gasteiger partial charge on any atom is -0.493 e. The van der Waals surface area contributed by atoms with Crippen molar-refractivity contribution in [1.29, 1.82) is 0 Å². The summed E-state index contributed by atoms with van der Waals surface area (Å²) in [6.07, 6.45) is 1.08. The normalized spacial score (nSPS) is 13.2. The molecule has 0 bridgehead atoms. The number of ether oxygens (including phenoxy) is 1. The van der Waals surface area contributed by atoms with Crippen molar-refractivity contribution in [2.24, 2.45) is 0 Å². The van der Waals surface area contributed by atoms with Gasteiger partial charge in [0.1, 0.15) is 5.75 Å². The maximum atomic E-state index is 5.30. The summed E-state index contributed by atoms with van der Waals surface area (Å²) in [5.74, 6) is 1.07. The van der Waals surface area contributed by atoms with Gasteiger partial charge in [-0.05, 0) is 11.6 Å². The van der Waals surface area contributed by atoms with E-state index in [1.165, 1.54) is 5.56 Å². The van der Waals surface area contributed by atoms with E-state index in [2.05, 4.69) is 6.07 Å². The second-order valence-electron chi connectivity index (χ2n) is 2.21. The molecule has 1 aromatic rings. The summed E-state index contributed by atoms with van der Waals surface area (Å²) in [6, 6.07) is 8.18. The van der Waals surface area contributed by atoms with Gasteiger partial charge in [0.05, 0.1) is 6.61 Å². The molecule has 0 unspecified atom stereocenters. The van der Waals surface area contributed by atoms with Crippen molar-refractivity contribution in [1.82, 2.24) is 0 Å². The van der Waals surface area contributed by atoms with Crippen molar-refractivity contribution in [3.63, 3.8) is 0 Å². The van der Waals surface area contributed by atoms with Crippen LogP contribution in [0.4, 0.5) is 0 Å². The first-order chi connectivity index (χ1) is 4.47. The molecule has 48 valence electrons. The molecule has 0 saturated heterocycles. The quantitative estimate of drug-likeness (QED) is 0.473. The molecule has 2 rings (SSSR count). The topological polar surface area (TPSA) is 9.23 Å².